The maximum absolute atomic E-state index is 12.3. The zero-order valence-corrected chi connectivity index (χ0v) is 12.3. The van der Waals surface area contributed by atoms with E-state index < -0.39 is 12.0 Å². The molecule has 5 heteroatoms. The molecule has 2 N–H and O–H groups in total. The fourth-order valence-corrected chi connectivity index (χ4v) is 1.83. The Morgan fingerprint density at radius 2 is 1.95 bits per heavy atom. The zero-order chi connectivity index (χ0) is 15.8. The number of carbonyl (C=O) groups excluding carboxylic acids is 1. The van der Waals surface area contributed by atoms with Gasteiger partial charge in [-0.2, -0.15) is 0 Å². The minimum absolute atomic E-state index is 0.0561. The standard InChI is InChI=1S/C16H21NO4/c1-4-9-17-14(10-15(18)19)16(20)12-5-7-13(8-6-12)21-11(2)3/h4-8,11,14,17H,1,9-10H2,2-3H3,(H,18,19). The fourth-order valence-electron chi connectivity index (χ4n) is 1.83. The van der Waals surface area contributed by atoms with Crippen LogP contribution in [0.3, 0.4) is 0 Å². The number of hydrogen-bond donors (Lipinski definition) is 2. The Morgan fingerprint density at radius 3 is 2.43 bits per heavy atom. The number of benzene rings is 1. The highest BCUT2D eigenvalue weighted by atomic mass is 16.5. The molecular weight excluding hydrogens is 270 g/mol. The van der Waals surface area contributed by atoms with Gasteiger partial charge in [-0.1, -0.05) is 6.08 Å². The van der Waals surface area contributed by atoms with E-state index in [4.69, 9.17) is 9.84 Å². The third kappa shape index (κ3) is 5.79. The van der Waals surface area contributed by atoms with Crippen molar-refractivity contribution in [3.8, 4) is 5.75 Å². The third-order valence-corrected chi connectivity index (χ3v) is 2.71. The van der Waals surface area contributed by atoms with Gasteiger partial charge in [-0.15, -0.1) is 6.58 Å². The SMILES string of the molecule is C=CCNC(CC(=O)O)C(=O)c1ccc(OC(C)C)cc1. The molecule has 0 fully saturated rings. The first-order chi connectivity index (χ1) is 9.93. The van der Waals surface area contributed by atoms with Crippen LogP contribution >= 0.6 is 0 Å². The quantitative estimate of drug-likeness (QED) is 0.539. The molecule has 0 saturated carbocycles. The van der Waals surface area contributed by atoms with Crippen LogP contribution in [-0.2, 0) is 4.79 Å². The van der Waals surface area contributed by atoms with Crippen LogP contribution in [0.2, 0.25) is 0 Å². The number of carbonyl (C=O) groups is 2. The van der Waals surface area contributed by atoms with Crippen molar-refractivity contribution in [1.29, 1.82) is 0 Å². The van der Waals surface area contributed by atoms with Crippen molar-refractivity contribution in [3.05, 3.63) is 42.5 Å². The van der Waals surface area contributed by atoms with Gasteiger partial charge in [-0.05, 0) is 38.1 Å². The maximum Gasteiger partial charge on any atom is 0.305 e. The van der Waals surface area contributed by atoms with E-state index in [-0.39, 0.29) is 18.3 Å². The van der Waals surface area contributed by atoms with Gasteiger partial charge < -0.3 is 15.2 Å². The summed E-state index contributed by atoms with van der Waals surface area (Å²) in [6.45, 7) is 7.75. The number of ether oxygens (including phenoxy) is 1. The van der Waals surface area contributed by atoms with Gasteiger partial charge in [0.2, 0.25) is 0 Å². The summed E-state index contributed by atoms with van der Waals surface area (Å²) in [7, 11) is 0. The van der Waals surface area contributed by atoms with E-state index in [1.165, 1.54) is 0 Å². The molecule has 1 unspecified atom stereocenters. The van der Waals surface area contributed by atoms with Crippen molar-refractivity contribution in [3.63, 3.8) is 0 Å². The Kier molecular flexibility index (Phi) is 6.62. The summed E-state index contributed by atoms with van der Waals surface area (Å²) < 4.78 is 5.50. The Hall–Kier alpha value is -2.14. The molecule has 0 bridgehead atoms. The molecule has 0 heterocycles. The first-order valence-electron chi connectivity index (χ1n) is 6.81. The lowest BCUT2D eigenvalue weighted by molar-refractivity contribution is -0.137. The zero-order valence-electron chi connectivity index (χ0n) is 12.3. The lowest BCUT2D eigenvalue weighted by atomic mass is 10.0. The molecule has 0 saturated heterocycles. The van der Waals surface area contributed by atoms with Gasteiger partial charge in [-0.25, -0.2) is 0 Å². The van der Waals surface area contributed by atoms with E-state index in [0.29, 0.717) is 17.9 Å². The van der Waals surface area contributed by atoms with E-state index in [1.807, 2.05) is 13.8 Å². The molecule has 21 heavy (non-hydrogen) atoms. The third-order valence-electron chi connectivity index (χ3n) is 2.71. The highest BCUT2D eigenvalue weighted by Crippen LogP contribution is 2.15. The van der Waals surface area contributed by atoms with E-state index >= 15 is 0 Å². The van der Waals surface area contributed by atoms with E-state index in [2.05, 4.69) is 11.9 Å². The van der Waals surface area contributed by atoms with Gasteiger partial charge in [0, 0.05) is 12.1 Å². The van der Waals surface area contributed by atoms with Gasteiger partial charge in [-0.3, -0.25) is 9.59 Å². The smallest absolute Gasteiger partial charge is 0.305 e. The monoisotopic (exact) mass is 291 g/mol. The molecular formula is C16H21NO4. The van der Waals surface area contributed by atoms with Gasteiger partial charge >= 0.3 is 5.97 Å². The number of carboxylic acids is 1. The summed E-state index contributed by atoms with van der Waals surface area (Å²) in [4.78, 5) is 23.2. The molecule has 5 nitrogen and oxygen atoms in total. The summed E-state index contributed by atoms with van der Waals surface area (Å²) in [6, 6.07) is 5.93. The highest BCUT2D eigenvalue weighted by Gasteiger charge is 2.22. The van der Waals surface area contributed by atoms with Gasteiger partial charge in [0.15, 0.2) is 5.78 Å². The van der Waals surface area contributed by atoms with Crippen molar-refractivity contribution in [2.45, 2.75) is 32.4 Å². The number of aliphatic carboxylic acids is 1. The Morgan fingerprint density at radius 1 is 1.33 bits per heavy atom. The van der Waals surface area contributed by atoms with Crippen LogP contribution in [-0.4, -0.2) is 35.5 Å². The van der Waals surface area contributed by atoms with Gasteiger partial charge in [0.1, 0.15) is 5.75 Å². The topological polar surface area (TPSA) is 75.6 Å². The van der Waals surface area contributed by atoms with Crippen LogP contribution in [0.15, 0.2) is 36.9 Å². The Labute approximate surface area is 124 Å². The van der Waals surface area contributed by atoms with Crippen LogP contribution in [0.1, 0.15) is 30.6 Å². The minimum Gasteiger partial charge on any atom is -0.491 e. The number of carboxylic acid groups (broad SMARTS) is 1. The second-order valence-corrected chi connectivity index (χ2v) is 4.90. The molecule has 0 spiro atoms. The molecule has 114 valence electrons. The summed E-state index contributed by atoms with van der Waals surface area (Å²) in [5.41, 5.74) is 0.453. The van der Waals surface area contributed by atoms with E-state index in [1.54, 1.807) is 30.3 Å². The number of ketones is 1. The average Bonchev–Trinajstić information content (AvgIpc) is 2.42. The average molecular weight is 291 g/mol. The van der Waals surface area contributed by atoms with Crippen molar-refractivity contribution >= 4 is 11.8 Å². The Balaban J connectivity index is 2.81. The van der Waals surface area contributed by atoms with Crippen LogP contribution in [0, 0.1) is 0 Å². The maximum atomic E-state index is 12.3. The van der Waals surface area contributed by atoms with Crippen LogP contribution in [0.25, 0.3) is 0 Å². The first kappa shape index (κ1) is 16.9. The van der Waals surface area contributed by atoms with Gasteiger partial charge in [0.05, 0.1) is 18.6 Å². The molecule has 1 atom stereocenters. The normalized spacial score (nSPS) is 12.0. The fraction of sp³-hybridized carbons (Fsp3) is 0.375. The second kappa shape index (κ2) is 8.21. The molecule has 1 rings (SSSR count). The largest absolute Gasteiger partial charge is 0.491 e. The number of hydrogen-bond acceptors (Lipinski definition) is 4. The summed E-state index contributed by atoms with van der Waals surface area (Å²) in [6.07, 6.45) is 1.37. The van der Waals surface area contributed by atoms with Crippen LogP contribution < -0.4 is 10.1 Å². The lowest BCUT2D eigenvalue weighted by Crippen LogP contribution is -2.38. The summed E-state index contributed by atoms with van der Waals surface area (Å²) in [5, 5.41) is 11.8. The highest BCUT2D eigenvalue weighted by molar-refractivity contribution is 6.01. The van der Waals surface area contributed by atoms with E-state index in [0.717, 1.165) is 0 Å². The molecule has 0 radical (unpaired) electrons. The summed E-state index contributed by atoms with van der Waals surface area (Å²) >= 11 is 0. The molecule has 0 aliphatic carbocycles. The van der Waals surface area contributed by atoms with Crippen molar-refractivity contribution in [1.82, 2.24) is 5.32 Å². The molecule has 0 aliphatic heterocycles. The first-order valence-corrected chi connectivity index (χ1v) is 6.81. The van der Waals surface area contributed by atoms with Crippen LogP contribution in [0.4, 0.5) is 0 Å². The summed E-state index contributed by atoms with van der Waals surface area (Å²) in [5.74, 6) is -0.601. The minimum atomic E-state index is -1.02. The molecule has 1 aromatic rings. The predicted molar refractivity (Wildman–Crippen MR) is 80.8 cm³/mol. The molecule has 0 amide bonds. The molecule has 1 aromatic carbocycles. The number of nitrogens with one attached hydrogen (secondary N) is 1. The van der Waals surface area contributed by atoms with E-state index in [9.17, 15) is 9.59 Å². The van der Waals surface area contributed by atoms with Crippen molar-refractivity contribution < 1.29 is 19.4 Å². The van der Waals surface area contributed by atoms with Crippen molar-refractivity contribution in [2.24, 2.45) is 0 Å². The Bertz CT molecular complexity index is 494. The second-order valence-electron chi connectivity index (χ2n) is 4.90. The molecule has 0 aliphatic rings. The number of Topliss-reactive ketones (excluding diaryl/α,β-unsaturated/α-hetero) is 1. The molecule has 0 aromatic heterocycles. The lowest BCUT2D eigenvalue weighted by Gasteiger charge is -2.15. The van der Waals surface area contributed by atoms with Gasteiger partial charge in [0.25, 0.3) is 0 Å². The predicted octanol–water partition coefficient (Wildman–Crippen LogP) is 2.28. The van der Waals surface area contributed by atoms with Crippen molar-refractivity contribution in [2.75, 3.05) is 6.54 Å². The van der Waals surface area contributed by atoms with Crippen LogP contribution in [0.5, 0.6) is 5.75 Å². The number of rotatable bonds is 9.